The Hall–Kier alpha value is -1.44. The maximum atomic E-state index is 11.9. The van der Waals surface area contributed by atoms with Crippen molar-refractivity contribution >= 4 is 21.4 Å². The van der Waals surface area contributed by atoms with E-state index in [2.05, 4.69) is 10.2 Å². The van der Waals surface area contributed by atoms with Crippen LogP contribution in [0.2, 0.25) is 0 Å². The number of nitrogens with zero attached hydrogens (tertiary/aromatic N) is 1. The van der Waals surface area contributed by atoms with E-state index in [4.69, 9.17) is 4.74 Å². The number of carbonyl (C=O) groups excluding carboxylic acids is 1. The number of nitrogens with one attached hydrogen (secondary N) is 1. The van der Waals surface area contributed by atoms with Gasteiger partial charge in [-0.05, 0) is 11.6 Å². The number of hydrogen-bond acceptors (Lipinski definition) is 5. The predicted molar refractivity (Wildman–Crippen MR) is 85.5 cm³/mol. The highest BCUT2D eigenvalue weighted by Crippen LogP contribution is 2.18. The summed E-state index contributed by atoms with van der Waals surface area (Å²) >= 11 is 0. The molecule has 1 aromatic carbocycles. The normalized spacial score (nSPS) is 16.4. The maximum Gasteiger partial charge on any atom is 0.225 e. The topological polar surface area (TPSA) is 75.7 Å². The van der Waals surface area contributed by atoms with E-state index in [1.165, 1.54) is 0 Å². The van der Waals surface area contributed by atoms with Gasteiger partial charge in [0.2, 0.25) is 5.91 Å². The molecule has 1 heterocycles. The first-order chi connectivity index (χ1) is 10.4. The molecular formula is C15H22N2O4S. The van der Waals surface area contributed by atoms with Crippen molar-refractivity contribution in [2.45, 2.75) is 13.0 Å². The van der Waals surface area contributed by atoms with E-state index in [9.17, 15) is 13.2 Å². The Labute approximate surface area is 131 Å². The van der Waals surface area contributed by atoms with Crippen molar-refractivity contribution in [1.29, 1.82) is 0 Å². The molecule has 0 atom stereocenters. The molecule has 1 saturated heterocycles. The van der Waals surface area contributed by atoms with Crippen molar-refractivity contribution in [1.82, 2.24) is 4.90 Å². The van der Waals surface area contributed by atoms with E-state index in [1.807, 2.05) is 24.3 Å². The van der Waals surface area contributed by atoms with Gasteiger partial charge in [-0.2, -0.15) is 0 Å². The second-order valence-electron chi connectivity index (χ2n) is 5.47. The van der Waals surface area contributed by atoms with E-state index in [-0.39, 0.29) is 18.1 Å². The molecule has 1 aliphatic heterocycles. The number of benzene rings is 1. The second kappa shape index (κ2) is 7.71. The molecule has 7 heteroatoms. The summed E-state index contributed by atoms with van der Waals surface area (Å²) in [6.45, 7) is 3.93. The third-order valence-electron chi connectivity index (χ3n) is 3.49. The minimum atomic E-state index is -3.13. The molecule has 0 unspecified atom stereocenters. The SMILES string of the molecule is CS(=O)(=O)CCC(=O)Nc1ccccc1CN1CCOCC1. The lowest BCUT2D eigenvalue weighted by molar-refractivity contribution is -0.115. The smallest absolute Gasteiger partial charge is 0.225 e. The van der Waals surface area contributed by atoms with E-state index in [0.29, 0.717) is 0 Å². The number of amides is 1. The van der Waals surface area contributed by atoms with E-state index in [1.54, 1.807) is 0 Å². The average Bonchev–Trinajstić information content (AvgIpc) is 2.48. The molecule has 6 nitrogen and oxygen atoms in total. The fourth-order valence-corrected chi connectivity index (χ4v) is 2.83. The van der Waals surface area contributed by atoms with Crippen LogP contribution in [0.3, 0.4) is 0 Å². The Morgan fingerprint density at radius 1 is 1.27 bits per heavy atom. The van der Waals surface area contributed by atoms with Crippen LogP contribution in [0.4, 0.5) is 5.69 Å². The van der Waals surface area contributed by atoms with Gasteiger partial charge in [0.15, 0.2) is 0 Å². The van der Waals surface area contributed by atoms with Crippen molar-refractivity contribution < 1.29 is 17.9 Å². The van der Waals surface area contributed by atoms with Crippen molar-refractivity contribution in [3.8, 4) is 0 Å². The molecule has 22 heavy (non-hydrogen) atoms. The second-order valence-corrected chi connectivity index (χ2v) is 7.73. The molecule has 1 fully saturated rings. The van der Waals surface area contributed by atoms with Gasteiger partial charge in [0.05, 0.1) is 19.0 Å². The summed E-state index contributed by atoms with van der Waals surface area (Å²) in [5, 5.41) is 2.81. The minimum absolute atomic E-state index is 0.0231. The number of hydrogen-bond donors (Lipinski definition) is 1. The van der Waals surface area contributed by atoms with Crippen LogP contribution in [0.15, 0.2) is 24.3 Å². The zero-order valence-corrected chi connectivity index (χ0v) is 13.6. The standard InChI is InChI=1S/C15H22N2O4S/c1-22(19,20)11-6-15(18)16-14-5-3-2-4-13(14)12-17-7-9-21-10-8-17/h2-5H,6-12H2,1H3,(H,16,18). The first-order valence-corrected chi connectivity index (χ1v) is 9.36. The molecule has 1 N–H and O–H groups in total. The van der Waals surface area contributed by atoms with Gasteiger partial charge in [0.1, 0.15) is 9.84 Å². The zero-order valence-electron chi connectivity index (χ0n) is 12.7. The maximum absolute atomic E-state index is 11.9. The molecule has 0 bridgehead atoms. The van der Waals surface area contributed by atoms with Crippen molar-refractivity contribution in [3.63, 3.8) is 0 Å². The fourth-order valence-electron chi connectivity index (χ4n) is 2.27. The van der Waals surface area contributed by atoms with Gasteiger partial charge in [0.25, 0.3) is 0 Å². The third kappa shape index (κ3) is 5.75. The minimum Gasteiger partial charge on any atom is -0.379 e. The molecule has 1 aromatic rings. The molecule has 0 radical (unpaired) electrons. The molecule has 0 aromatic heterocycles. The number of carbonyl (C=O) groups is 1. The first-order valence-electron chi connectivity index (χ1n) is 7.29. The molecule has 1 aliphatic rings. The molecule has 0 saturated carbocycles. The molecule has 2 rings (SSSR count). The predicted octanol–water partition coefficient (Wildman–Crippen LogP) is 0.892. The van der Waals surface area contributed by atoms with Gasteiger partial charge in [-0.25, -0.2) is 8.42 Å². The van der Waals surface area contributed by atoms with E-state index >= 15 is 0 Å². The summed E-state index contributed by atoms with van der Waals surface area (Å²) in [5.41, 5.74) is 1.77. The molecule has 0 aliphatic carbocycles. The molecule has 1 amide bonds. The van der Waals surface area contributed by atoms with Crippen LogP contribution >= 0.6 is 0 Å². The zero-order chi connectivity index (χ0) is 16.0. The molecular weight excluding hydrogens is 304 g/mol. The van der Waals surface area contributed by atoms with E-state index in [0.717, 1.165) is 50.4 Å². The number of morpholine rings is 1. The molecule has 122 valence electrons. The van der Waals surface area contributed by atoms with Crippen LogP contribution in [0.25, 0.3) is 0 Å². The first kappa shape index (κ1) is 16.9. The van der Waals surface area contributed by atoms with Crippen LogP contribution in [0.5, 0.6) is 0 Å². The van der Waals surface area contributed by atoms with Gasteiger partial charge in [-0.1, -0.05) is 18.2 Å². The van der Waals surface area contributed by atoms with Crippen LogP contribution < -0.4 is 5.32 Å². The van der Waals surface area contributed by atoms with Gasteiger partial charge < -0.3 is 10.1 Å². The Morgan fingerprint density at radius 3 is 2.64 bits per heavy atom. The fraction of sp³-hybridized carbons (Fsp3) is 0.533. The Balaban J connectivity index is 1.96. The van der Waals surface area contributed by atoms with Crippen molar-refractivity contribution in [3.05, 3.63) is 29.8 Å². The van der Waals surface area contributed by atoms with Crippen molar-refractivity contribution in [2.24, 2.45) is 0 Å². The van der Waals surface area contributed by atoms with Gasteiger partial charge in [0, 0.05) is 38.0 Å². The third-order valence-corrected chi connectivity index (χ3v) is 4.43. The lowest BCUT2D eigenvalue weighted by Gasteiger charge is -2.27. The summed E-state index contributed by atoms with van der Waals surface area (Å²) in [7, 11) is -3.13. The summed E-state index contributed by atoms with van der Waals surface area (Å²) in [6, 6.07) is 7.60. The van der Waals surface area contributed by atoms with Gasteiger partial charge >= 0.3 is 0 Å². The van der Waals surface area contributed by atoms with E-state index < -0.39 is 9.84 Å². The number of rotatable bonds is 6. The van der Waals surface area contributed by atoms with Crippen molar-refractivity contribution in [2.75, 3.05) is 43.6 Å². The van der Waals surface area contributed by atoms with Gasteiger partial charge in [-0.3, -0.25) is 9.69 Å². The summed E-state index contributed by atoms with van der Waals surface area (Å²) in [4.78, 5) is 14.2. The highest BCUT2D eigenvalue weighted by Gasteiger charge is 2.14. The van der Waals surface area contributed by atoms with Crippen LogP contribution in [-0.2, 0) is 25.9 Å². The average molecular weight is 326 g/mol. The monoisotopic (exact) mass is 326 g/mol. The lowest BCUT2D eigenvalue weighted by Crippen LogP contribution is -2.35. The lowest BCUT2D eigenvalue weighted by atomic mass is 10.1. The highest BCUT2D eigenvalue weighted by atomic mass is 32.2. The number of para-hydroxylation sites is 1. The summed E-state index contributed by atoms with van der Waals surface area (Å²) < 4.78 is 27.6. The molecule has 0 spiro atoms. The number of anilines is 1. The number of sulfone groups is 1. The Kier molecular flexibility index (Phi) is 5.93. The van der Waals surface area contributed by atoms with Gasteiger partial charge in [-0.15, -0.1) is 0 Å². The summed E-state index contributed by atoms with van der Waals surface area (Å²) in [5.74, 6) is -0.412. The summed E-state index contributed by atoms with van der Waals surface area (Å²) in [6.07, 6.45) is 1.11. The Morgan fingerprint density at radius 2 is 1.95 bits per heavy atom. The largest absolute Gasteiger partial charge is 0.379 e. The highest BCUT2D eigenvalue weighted by molar-refractivity contribution is 7.90. The quantitative estimate of drug-likeness (QED) is 0.840. The van der Waals surface area contributed by atoms with Crippen LogP contribution in [0.1, 0.15) is 12.0 Å². The van der Waals surface area contributed by atoms with Crippen LogP contribution in [0, 0.1) is 0 Å². The van der Waals surface area contributed by atoms with Crippen LogP contribution in [-0.4, -0.2) is 57.5 Å². The number of ether oxygens (including phenoxy) is 1. The Bertz CT molecular complexity index is 610.